The molecule has 0 bridgehead atoms. The average molecular weight is 631 g/mol. The Labute approximate surface area is 266 Å². The summed E-state index contributed by atoms with van der Waals surface area (Å²) < 4.78 is 31.9. The maximum atomic E-state index is 13.2. The normalized spacial score (nSPS) is 39.6. The summed E-state index contributed by atoms with van der Waals surface area (Å²) in [5, 5.41) is 22.5. The van der Waals surface area contributed by atoms with E-state index in [1.54, 1.807) is 12.1 Å². The number of hydrogen-bond acceptors (Lipinski definition) is 6. The fourth-order valence-corrected chi connectivity index (χ4v) is 12.7. The number of hydrogen-bond donors (Lipinski definition) is 2. The lowest BCUT2D eigenvalue weighted by Gasteiger charge is -2.64. The summed E-state index contributed by atoms with van der Waals surface area (Å²) in [7, 11) is -3.82. The first kappa shape index (κ1) is 33.9. The Bertz CT molecular complexity index is 1300. The van der Waals surface area contributed by atoms with Gasteiger partial charge in [0, 0.05) is 0 Å². The number of esters is 1. The van der Waals surface area contributed by atoms with Crippen molar-refractivity contribution in [3.63, 3.8) is 0 Å². The van der Waals surface area contributed by atoms with Gasteiger partial charge in [0.2, 0.25) is 0 Å². The molecule has 4 fully saturated rings. The number of sulfone groups is 1. The molecule has 1 aromatic rings. The lowest BCUT2D eigenvalue weighted by Crippen LogP contribution is -2.62. The zero-order valence-electron chi connectivity index (χ0n) is 28.2. The third kappa shape index (κ3) is 5.92. The van der Waals surface area contributed by atoms with Gasteiger partial charge in [0.25, 0.3) is 0 Å². The predicted molar refractivity (Wildman–Crippen MR) is 174 cm³/mol. The quantitative estimate of drug-likeness (QED) is 0.302. The fourth-order valence-electron chi connectivity index (χ4n) is 11.1. The van der Waals surface area contributed by atoms with Gasteiger partial charge in [-0.25, -0.2) is 8.42 Å². The Morgan fingerprint density at radius 2 is 1.66 bits per heavy atom. The van der Waals surface area contributed by atoms with Gasteiger partial charge < -0.3 is 14.9 Å². The van der Waals surface area contributed by atoms with Crippen LogP contribution in [0.3, 0.4) is 0 Å². The Hall–Kier alpha value is -1.44. The summed E-state index contributed by atoms with van der Waals surface area (Å²) in [6.07, 6.45) is 8.47. The van der Waals surface area contributed by atoms with Crippen molar-refractivity contribution in [2.45, 2.75) is 129 Å². The standard InChI is InChI=1S/C37H58O6S/c1-8-25-30-21-24(38)15-18-37(30,7)29-16-19-36(6)26(13-14-28(36)33(29)34(25)40)23(2)17-20-43-32(39)22-44(41,42)31-12-10-9-11-27(31)35(3,4)5/h9-12,23-26,28-30,33-34,38,40H,8,13-22H2,1-7H3/t23-,24-,25-,26-,28+,29+,30+,33+,34-,36-,37-/m1/s1. The fraction of sp³-hybridized carbons (Fsp3) is 0.811. The van der Waals surface area contributed by atoms with Crippen molar-refractivity contribution in [3.8, 4) is 0 Å². The first-order valence-electron chi connectivity index (χ1n) is 17.4. The topological polar surface area (TPSA) is 101 Å². The summed E-state index contributed by atoms with van der Waals surface area (Å²) in [5.74, 6) is 1.45. The van der Waals surface area contributed by atoms with E-state index in [2.05, 4.69) is 27.7 Å². The van der Waals surface area contributed by atoms with Crippen molar-refractivity contribution in [1.82, 2.24) is 0 Å². The largest absolute Gasteiger partial charge is 0.465 e. The number of aliphatic hydroxyl groups is 2. The first-order chi connectivity index (χ1) is 20.5. The van der Waals surface area contributed by atoms with E-state index in [4.69, 9.17) is 4.74 Å². The summed E-state index contributed by atoms with van der Waals surface area (Å²) in [6.45, 7) is 15.5. The van der Waals surface area contributed by atoms with Gasteiger partial charge in [0.1, 0.15) is 0 Å². The van der Waals surface area contributed by atoms with E-state index in [0.29, 0.717) is 47.5 Å². The van der Waals surface area contributed by atoms with Gasteiger partial charge in [0.15, 0.2) is 15.6 Å². The van der Waals surface area contributed by atoms with Gasteiger partial charge in [-0.3, -0.25) is 4.79 Å². The second-order valence-corrected chi connectivity index (χ2v) is 18.6. The number of carbonyl (C=O) groups excluding carboxylic acids is 1. The van der Waals surface area contributed by atoms with Crippen LogP contribution in [0.4, 0.5) is 0 Å². The molecule has 1 aromatic carbocycles. The molecule has 7 heteroatoms. The van der Waals surface area contributed by atoms with Crippen LogP contribution in [-0.4, -0.2) is 49.2 Å². The number of ether oxygens (including phenoxy) is 1. The van der Waals surface area contributed by atoms with Crippen molar-refractivity contribution in [3.05, 3.63) is 29.8 Å². The zero-order chi connectivity index (χ0) is 32.2. The molecule has 4 aliphatic carbocycles. The average Bonchev–Trinajstić information content (AvgIpc) is 3.30. The van der Waals surface area contributed by atoms with E-state index in [0.717, 1.165) is 51.4 Å². The lowest BCUT2D eigenvalue weighted by atomic mass is 9.41. The SMILES string of the molecule is CC[C@H]1[C@@H](O)[C@@H]2[C@H](CC[C@]3(C)[C@@H]([C@H](C)CCOC(=O)CS(=O)(=O)c4ccccc4C(C)(C)C)CC[C@@H]23)[C@@]2(C)CC[C@@H](O)C[C@@H]12. The molecular weight excluding hydrogens is 572 g/mol. The summed E-state index contributed by atoms with van der Waals surface area (Å²) in [6, 6.07) is 6.93. The summed E-state index contributed by atoms with van der Waals surface area (Å²) in [5.41, 5.74) is 0.679. The molecule has 0 amide bonds. The molecule has 11 atom stereocenters. The molecule has 44 heavy (non-hydrogen) atoms. The summed E-state index contributed by atoms with van der Waals surface area (Å²) >= 11 is 0. The second-order valence-electron chi connectivity index (χ2n) is 16.6. The molecule has 0 saturated heterocycles. The van der Waals surface area contributed by atoms with Gasteiger partial charge in [-0.15, -0.1) is 0 Å². The molecule has 0 heterocycles. The van der Waals surface area contributed by atoms with Crippen molar-refractivity contribution in [2.24, 2.45) is 52.3 Å². The van der Waals surface area contributed by atoms with E-state index in [1.807, 2.05) is 32.9 Å². The highest BCUT2D eigenvalue weighted by atomic mass is 32.2. The molecule has 5 rings (SSSR count). The van der Waals surface area contributed by atoms with Crippen molar-refractivity contribution >= 4 is 15.8 Å². The van der Waals surface area contributed by atoms with E-state index < -0.39 is 21.6 Å². The van der Waals surface area contributed by atoms with Gasteiger partial charge in [-0.2, -0.15) is 0 Å². The van der Waals surface area contributed by atoms with Crippen LogP contribution in [0, 0.1) is 52.3 Å². The van der Waals surface area contributed by atoms with Gasteiger partial charge in [-0.1, -0.05) is 73.1 Å². The third-order valence-corrected chi connectivity index (χ3v) is 15.0. The van der Waals surface area contributed by atoms with E-state index in [-0.39, 0.29) is 45.9 Å². The van der Waals surface area contributed by atoms with Crippen LogP contribution in [0.2, 0.25) is 0 Å². The monoisotopic (exact) mass is 630 g/mol. The minimum Gasteiger partial charge on any atom is -0.465 e. The lowest BCUT2D eigenvalue weighted by molar-refractivity contribution is -0.203. The second kappa shape index (κ2) is 12.3. The van der Waals surface area contributed by atoms with Crippen LogP contribution >= 0.6 is 0 Å². The van der Waals surface area contributed by atoms with Crippen molar-refractivity contribution in [1.29, 1.82) is 0 Å². The van der Waals surface area contributed by atoms with E-state index in [9.17, 15) is 23.4 Å². The van der Waals surface area contributed by atoms with Crippen LogP contribution in [0.25, 0.3) is 0 Å². The Kier molecular flexibility index (Phi) is 9.48. The third-order valence-electron chi connectivity index (χ3n) is 13.3. The molecule has 4 saturated carbocycles. The molecular formula is C37H58O6S. The van der Waals surface area contributed by atoms with E-state index in [1.165, 1.54) is 0 Å². The highest BCUT2D eigenvalue weighted by molar-refractivity contribution is 7.92. The molecule has 0 aromatic heterocycles. The van der Waals surface area contributed by atoms with Gasteiger partial charge in [0.05, 0.1) is 23.7 Å². The highest BCUT2D eigenvalue weighted by Gasteiger charge is 2.64. The predicted octanol–water partition coefficient (Wildman–Crippen LogP) is 6.95. The molecule has 6 nitrogen and oxygen atoms in total. The Morgan fingerprint density at radius 3 is 2.34 bits per heavy atom. The smallest absolute Gasteiger partial charge is 0.321 e. The zero-order valence-corrected chi connectivity index (χ0v) is 29.0. The number of aliphatic hydroxyl groups excluding tert-OH is 2. The molecule has 0 aliphatic heterocycles. The highest BCUT2D eigenvalue weighted by Crippen LogP contribution is 2.69. The number of rotatable bonds is 8. The van der Waals surface area contributed by atoms with Crippen LogP contribution in [0.15, 0.2) is 29.2 Å². The minimum absolute atomic E-state index is 0.140. The van der Waals surface area contributed by atoms with Crippen molar-refractivity contribution < 1.29 is 28.2 Å². The molecule has 2 N–H and O–H groups in total. The first-order valence-corrected chi connectivity index (χ1v) is 19.0. The number of carbonyl (C=O) groups is 1. The molecule has 0 unspecified atom stereocenters. The minimum atomic E-state index is -3.82. The van der Waals surface area contributed by atoms with E-state index >= 15 is 0 Å². The molecule has 4 aliphatic rings. The Balaban J connectivity index is 1.22. The molecule has 248 valence electrons. The number of fused-ring (bicyclic) bond motifs is 5. The van der Waals surface area contributed by atoms with Crippen LogP contribution in [0.1, 0.15) is 112 Å². The van der Waals surface area contributed by atoms with Crippen LogP contribution in [0.5, 0.6) is 0 Å². The van der Waals surface area contributed by atoms with Gasteiger partial charge in [-0.05, 0) is 121 Å². The molecule has 0 spiro atoms. The van der Waals surface area contributed by atoms with Gasteiger partial charge >= 0.3 is 5.97 Å². The maximum Gasteiger partial charge on any atom is 0.321 e. The summed E-state index contributed by atoms with van der Waals surface area (Å²) in [4.78, 5) is 13.0. The molecule has 0 radical (unpaired) electrons. The number of benzene rings is 1. The van der Waals surface area contributed by atoms with Crippen LogP contribution < -0.4 is 0 Å². The van der Waals surface area contributed by atoms with Crippen LogP contribution in [-0.2, 0) is 24.8 Å². The van der Waals surface area contributed by atoms with Crippen molar-refractivity contribution in [2.75, 3.05) is 12.4 Å². The maximum absolute atomic E-state index is 13.2. The Morgan fingerprint density at radius 1 is 1.00 bits per heavy atom.